The number of amides is 2. The van der Waals surface area contributed by atoms with E-state index in [1.807, 2.05) is 36.4 Å². The standard InChI is InChI=1S/C19H22N2O/c22-19(20-14-16-11-12-16)21-18(17-9-5-2-6-10-17)13-15-7-3-1-4-8-15/h1-10,16,18H,11-14H2,(H2,20,21,22)/t18-/m0/s1. The maximum atomic E-state index is 12.1. The molecule has 0 spiro atoms. The van der Waals surface area contributed by atoms with Gasteiger partial charge in [0, 0.05) is 6.54 Å². The monoisotopic (exact) mass is 294 g/mol. The third-order valence-electron chi connectivity index (χ3n) is 4.04. The van der Waals surface area contributed by atoms with E-state index in [4.69, 9.17) is 0 Å². The van der Waals surface area contributed by atoms with Crippen LogP contribution in [0.3, 0.4) is 0 Å². The van der Waals surface area contributed by atoms with Gasteiger partial charge in [-0.25, -0.2) is 4.79 Å². The van der Waals surface area contributed by atoms with E-state index in [0.29, 0.717) is 5.92 Å². The second kappa shape index (κ2) is 7.12. The lowest BCUT2D eigenvalue weighted by atomic mass is 9.99. The molecule has 114 valence electrons. The zero-order chi connectivity index (χ0) is 15.2. The molecule has 2 aromatic rings. The van der Waals surface area contributed by atoms with Gasteiger partial charge in [-0.05, 0) is 36.3 Å². The van der Waals surface area contributed by atoms with Gasteiger partial charge in [0.05, 0.1) is 6.04 Å². The van der Waals surface area contributed by atoms with Crippen molar-refractivity contribution in [2.24, 2.45) is 5.92 Å². The molecule has 0 aliphatic heterocycles. The fourth-order valence-electron chi connectivity index (χ4n) is 2.56. The summed E-state index contributed by atoms with van der Waals surface area (Å²) in [6, 6.07) is 20.3. The van der Waals surface area contributed by atoms with Gasteiger partial charge in [-0.2, -0.15) is 0 Å². The van der Waals surface area contributed by atoms with Crippen molar-refractivity contribution in [3.05, 3.63) is 71.8 Å². The molecule has 1 saturated carbocycles. The van der Waals surface area contributed by atoms with Crippen LogP contribution >= 0.6 is 0 Å². The molecule has 1 atom stereocenters. The van der Waals surface area contributed by atoms with Crippen LogP contribution in [0, 0.1) is 5.92 Å². The first-order valence-corrected chi connectivity index (χ1v) is 7.94. The van der Waals surface area contributed by atoms with Crippen LogP contribution in [-0.2, 0) is 6.42 Å². The van der Waals surface area contributed by atoms with Gasteiger partial charge >= 0.3 is 6.03 Å². The first-order chi connectivity index (χ1) is 10.8. The molecule has 22 heavy (non-hydrogen) atoms. The van der Waals surface area contributed by atoms with Crippen molar-refractivity contribution in [1.82, 2.24) is 10.6 Å². The highest BCUT2D eigenvalue weighted by molar-refractivity contribution is 5.74. The Morgan fingerprint density at radius 3 is 2.27 bits per heavy atom. The number of hydrogen-bond acceptors (Lipinski definition) is 1. The Labute approximate surface area is 131 Å². The van der Waals surface area contributed by atoms with Crippen LogP contribution in [0.2, 0.25) is 0 Å². The Bertz CT molecular complexity index is 593. The van der Waals surface area contributed by atoms with Crippen LogP contribution in [0.1, 0.15) is 30.0 Å². The summed E-state index contributed by atoms with van der Waals surface area (Å²) in [6.45, 7) is 0.790. The minimum atomic E-state index is -0.0725. The molecule has 0 unspecified atom stereocenters. The number of carbonyl (C=O) groups is 1. The van der Waals surface area contributed by atoms with E-state index >= 15 is 0 Å². The maximum Gasteiger partial charge on any atom is 0.315 e. The summed E-state index contributed by atoms with van der Waals surface area (Å²) in [4.78, 5) is 12.1. The fourth-order valence-corrected chi connectivity index (χ4v) is 2.56. The van der Waals surface area contributed by atoms with Gasteiger partial charge in [0.15, 0.2) is 0 Å². The number of rotatable bonds is 6. The van der Waals surface area contributed by atoms with E-state index in [1.54, 1.807) is 0 Å². The first kappa shape index (κ1) is 14.6. The second-order valence-corrected chi connectivity index (χ2v) is 5.95. The summed E-state index contributed by atoms with van der Waals surface area (Å²) in [5.74, 6) is 0.690. The van der Waals surface area contributed by atoms with Crippen molar-refractivity contribution in [2.75, 3.05) is 6.54 Å². The molecule has 3 rings (SSSR count). The topological polar surface area (TPSA) is 41.1 Å². The number of benzene rings is 2. The van der Waals surface area contributed by atoms with Crippen molar-refractivity contribution in [3.8, 4) is 0 Å². The Balaban J connectivity index is 1.66. The number of hydrogen-bond donors (Lipinski definition) is 2. The maximum absolute atomic E-state index is 12.1. The molecule has 1 fully saturated rings. The van der Waals surface area contributed by atoms with Crippen LogP contribution in [0.15, 0.2) is 60.7 Å². The van der Waals surface area contributed by atoms with Gasteiger partial charge < -0.3 is 10.6 Å². The smallest absolute Gasteiger partial charge is 0.315 e. The van der Waals surface area contributed by atoms with Gasteiger partial charge in [-0.3, -0.25) is 0 Å². The molecule has 2 aromatic carbocycles. The van der Waals surface area contributed by atoms with Gasteiger partial charge in [0.2, 0.25) is 0 Å². The average molecular weight is 294 g/mol. The van der Waals surface area contributed by atoms with Gasteiger partial charge in [0.1, 0.15) is 0 Å². The molecule has 1 aliphatic rings. The predicted molar refractivity (Wildman–Crippen MR) is 88.6 cm³/mol. The van der Waals surface area contributed by atoms with Crippen molar-refractivity contribution in [1.29, 1.82) is 0 Å². The van der Waals surface area contributed by atoms with Crippen molar-refractivity contribution >= 4 is 6.03 Å². The van der Waals surface area contributed by atoms with Crippen LogP contribution in [0.5, 0.6) is 0 Å². The normalized spacial score (nSPS) is 15.1. The quantitative estimate of drug-likeness (QED) is 0.838. The van der Waals surface area contributed by atoms with E-state index < -0.39 is 0 Å². The van der Waals surface area contributed by atoms with Crippen LogP contribution in [0.25, 0.3) is 0 Å². The molecule has 0 bridgehead atoms. The molecule has 3 heteroatoms. The Kier molecular flexibility index (Phi) is 4.74. The average Bonchev–Trinajstić information content (AvgIpc) is 3.38. The molecule has 0 radical (unpaired) electrons. The Morgan fingerprint density at radius 1 is 1.00 bits per heavy atom. The molecular weight excluding hydrogens is 272 g/mol. The third kappa shape index (κ3) is 4.35. The summed E-state index contributed by atoms with van der Waals surface area (Å²) in [5, 5.41) is 6.10. The van der Waals surface area contributed by atoms with E-state index in [9.17, 15) is 4.79 Å². The minimum absolute atomic E-state index is 0.0113. The Morgan fingerprint density at radius 2 is 1.64 bits per heavy atom. The third-order valence-corrected chi connectivity index (χ3v) is 4.04. The minimum Gasteiger partial charge on any atom is -0.338 e. The van der Waals surface area contributed by atoms with E-state index in [1.165, 1.54) is 18.4 Å². The highest BCUT2D eigenvalue weighted by Gasteiger charge is 2.22. The Hall–Kier alpha value is -2.29. The zero-order valence-corrected chi connectivity index (χ0v) is 12.7. The van der Waals surface area contributed by atoms with Crippen molar-refractivity contribution in [3.63, 3.8) is 0 Å². The summed E-state index contributed by atoms with van der Waals surface area (Å²) in [7, 11) is 0. The van der Waals surface area contributed by atoms with Crippen molar-refractivity contribution in [2.45, 2.75) is 25.3 Å². The van der Waals surface area contributed by atoms with E-state index in [-0.39, 0.29) is 12.1 Å². The summed E-state index contributed by atoms with van der Waals surface area (Å²) < 4.78 is 0. The predicted octanol–water partition coefficient (Wildman–Crippen LogP) is 3.68. The summed E-state index contributed by atoms with van der Waals surface area (Å²) >= 11 is 0. The first-order valence-electron chi connectivity index (χ1n) is 7.94. The highest BCUT2D eigenvalue weighted by atomic mass is 16.2. The second-order valence-electron chi connectivity index (χ2n) is 5.95. The number of nitrogens with one attached hydrogen (secondary N) is 2. The van der Waals surface area contributed by atoms with Gasteiger partial charge in [0.25, 0.3) is 0 Å². The summed E-state index contributed by atoms with van der Waals surface area (Å²) in [5.41, 5.74) is 2.35. The lowest BCUT2D eigenvalue weighted by molar-refractivity contribution is 0.236. The van der Waals surface area contributed by atoms with Crippen LogP contribution < -0.4 is 10.6 Å². The molecule has 0 heterocycles. The summed E-state index contributed by atoms with van der Waals surface area (Å²) in [6.07, 6.45) is 3.28. The molecule has 0 aromatic heterocycles. The fraction of sp³-hybridized carbons (Fsp3) is 0.316. The number of carbonyl (C=O) groups excluding carboxylic acids is 1. The largest absolute Gasteiger partial charge is 0.338 e. The molecule has 3 nitrogen and oxygen atoms in total. The van der Waals surface area contributed by atoms with Crippen molar-refractivity contribution < 1.29 is 4.79 Å². The lowest BCUT2D eigenvalue weighted by Gasteiger charge is -2.20. The van der Waals surface area contributed by atoms with E-state index in [0.717, 1.165) is 18.5 Å². The number of urea groups is 1. The lowest BCUT2D eigenvalue weighted by Crippen LogP contribution is -2.39. The van der Waals surface area contributed by atoms with Crippen LogP contribution in [0.4, 0.5) is 4.79 Å². The molecular formula is C19H22N2O. The van der Waals surface area contributed by atoms with E-state index in [2.05, 4.69) is 34.9 Å². The zero-order valence-electron chi connectivity index (χ0n) is 12.7. The molecule has 2 amide bonds. The van der Waals surface area contributed by atoms with Crippen LogP contribution in [-0.4, -0.2) is 12.6 Å². The highest BCUT2D eigenvalue weighted by Crippen LogP contribution is 2.27. The molecule has 0 saturated heterocycles. The SMILES string of the molecule is O=C(NCC1CC1)N[C@@H](Cc1ccccc1)c1ccccc1. The van der Waals surface area contributed by atoms with Gasteiger partial charge in [-0.15, -0.1) is 0 Å². The molecule has 1 aliphatic carbocycles. The molecule has 2 N–H and O–H groups in total. The van der Waals surface area contributed by atoms with Gasteiger partial charge in [-0.1, -0.05) is 60.7 Å².